The van der Waals surface area contributed by atoms with Gasteiger partial charge in [0.05, 0.1) is 17.6 Å². The van der Waals surface area contributed by atoms with Gasteiger partial charge in [0.25, 0.3) is 0 Å². The van der Waals surface area contributed by atoms with Gasteiger partial charge < -0.3 is 26.8 Å². The van der Waals surface area contributed by atoms with Crippen molar-refractivity contribution >= 4 is 55.7 Å². The molecule has 2 atom stereocenters. The number of ether oxygens (including phenoxy) is 1. The molecule has 2 heterocycles. The van der Waals surface area contributed by atoms with E-state index in [4.69, 9.17) is 36.7 Å². The summed E-state index contributed by atoms with van der Waals surface area (Å²) in [4.78, 5) is 34.2. The predicted octanol–water partition coefficient (Wildman–Crippen LogP) is 0.000170. The number of hydrogen-bond donors (Lipinski definition) is 5. The van der Waals surface area contributed by atoms with Crippen molar-refractivity contribution in [2.45, 2.75) is 19.4 Å². The highest BCUT2D eigenvalue weighted by Crippen LogP contribution is 2.32. The first kappa shape index (κ1) is 25.9. The summed E-state index contributed by atoms with van der Waals surface area (Å²) in [6.07, 6.45) is -0.374. The molecule has 1 fully saturated rings. The molecule has 0 saturated carbocycles. The van der Waals surface area contributed by atoms with Crippen LogP contribution in [0.25, 0.3) is 0 Å². The summed E-state index contributed by atoms with van der Waals surface area (Å²) < 4.78 is 37.5. The van der Waals surface area contributed by atoms with Gasteiger partial charge in [-0.1, -0.05) is 5.16 Å². The molecule has 1 aliphatic heterocycles. The number of carbonyl (C=O) groups is 2. The topological polar surface area (TPSA) is 237 Å². The molecule has 1 aromatic carbocycles. The number of aromatic nitrogens is 1. The zero-order valence-corrected chi connectivity index (χ0v) is 20.0. The van der Waals surface area contributed by atoms with Crippen LogP contribution >= 0.6 is 11.3 Å². The molecule has 14 nitrogen and oxygen atoms in total. The van der Waals surface area contributed by atoms with Crippen LogP contribution in [0.5, 0.6) is 5.75 Å². The average molecular weight is 526 g/mol. The number of nitrogens with two attached hydrogens (primary N) is 3. The monoisotopic (exact) mass is 525 g/mol. The van der Waals surface area contributed by atoms with Gasteiger partial charge in [0, 0.05) is 17.4 Å². The summed E-state index contributed by atoms with van der Waals surface area (Å²) in [5.74, 6) is -2.28. The van der Waals surface area contributed by atoms with Gasteiger partial charge in [-0.15, -0.1) is 11.3 Å². The quantitative estimate of drug-likeness (QED) is 0.0497. The molecule has 0 radical (unpaired) electrons. The fourth-order valence-electron chi connectivity index (χ4n) is 3.31. The Morgan fingerprint density at radius 1 is 1.34 bits per heavy atom. The second-order valence-corrected chi connectivity index (χ2v) is 9.62. The predicted molar refractivity (Wildman–Crippen MR) is 127 cm³/mol. The van der Waals surface area contributed by atoms with E-state index >= 15 is 0 Å². The Labute approximate surface area is 204 Å². The number of nitrogen functional groups attached to an aromatic ring is 3. The van der Waals surface area contributed by atoms with E-state index in [1.807, 2.05) is 0 Å². The number of carbonyl (C=O) groups excluding carboxylic acids is 2. The first-order valence-electron chi connectivity index (χ1n) is 10.0. The third-order valence-electron chi connectivity index (χ3n) is 5.08. The average Bonchev–Trinajstić information content (AvgIpc) is 3.20. The van der Waals surface area contributed by atoms with Crippen molar-refractivity contribution in [2.24, 2.45) is 16.8 Å². The standard InChI is InChI=1S/C19H23N7O7S2/c1-9-11(18(28)26(9)35(29,30)31)7-14(27)16(13-8-34-19(23)24-13)25-33-5-4-32-15-3-2-10(17(21)22)6-12(15)20/h2-3,6,8-9,11H,4-5,7,20H2,1H3,(H3,21,22)(H2,23,24)(H,29,30,31)/b25-16-/t9-,11-/m0/s1. The largest absolute Gasteiger partial charge is 0.488 e. The number of hydrogen-bond acceptors (Lipinski definition) is 12. The fourth-order valence-corrected chi connectivity index (χ4v) is 4.79. The molecule has 1 aromatic heterocycles. The SMILES string of the molecule is C[C@H]1[C@H](CC(=O)/C(=N\OCCOc2ccc(C(=N)N)cc2N)c2csc(N)n2)C(=O)N1S(=O)(=O)O. The molecular formula is C19H23N7O7S2. The lowest BCUT2D eigenvalue weighted by Crippen LogP contribution is -2.62. The van der Waals surface area contributed by atoms with E-state index < -0.39 is 34.0 Å². The minimum absolute atomic E-state index is 0.00918. The first-order valence-corrected chi connectivity index (χ1v) is 12.3. The number of nitrogens with one attached hydrogen (secondary N) is 1. The molecule has 8 N–H and O–H groups in total. The van der Waals surface area contributed by atoms with Gasteiger partial charge in [0.15, 0.2) is 23.2 Å². The van der Waals surface area contributed by atoms with E-state index in [2.05, 4.69) is 10.1 Å². The van der Waals surface area contributed by atoms with Crippen LogP contribution in [0.3, 0.4) is 0 Å². The van der Waals surface area contributed by atoms with E-state index in [1.165, 1.54) is 18.4 Å². The number of amides is 1. The second kappa shape index (κ2) is 10.2. The number of amidine groups is 1. The number of nitrogens with zero attached hydrogens (tertiary/aromatic N) is 3. The molecule has 0 spiro atoms. The Balaban J connectivity index is 1.64. The van der Waals surface area contributed by atoms with Gasteiger partial charge in [-0.05, 0) is 25.1 Å². The molecule has 0 bridgehead atoms. The van der Waals surface area contributed by atoms with Crippen LogP contribution in [0.1, 0.15) is 24.6 Å². The van der Waals surface area contributed by atoms with Crippen LogP contribution in [-0.4, -0.2) is 64.8 Å². The molecule has 2 aromatic rings. The third kappa shape index (κ3) is 5.84. The number of benzene rings is 1. The number of rotatable bonds is 11. The maximum Gasteiger partial charge on any atom is 0.362 e. The first-order chi connectivity index (χ1) is 16.4. The maximum absolute atomic E-state index is 12.9. The fraction of sp³-hybridized carbons (Fsp3) is 0.316. The van der Waals surface area contributed by atoms with Gasteiger partial charge in [-0.3, -0.25) is 19.6 Å². The summed E-state index contributed by atoms with van der Waals surface area (Å²) >= 11 is 1.07. The van der Waals surface area contributed by atoms with Crippen LogP contribution in [0.4, 0.5) is 10.8 Å². The van der Waals surface area contributed by atoms with E-state index in [0.29, 0.717) is 15.6 Å². The Bertz CT molecular complexity index is 1290. The van der Waals surface area contributed by atoms with Gasteiger partial charge in [-0.25, -0.2) is 9.29 Å². The number of β-lactam (4-membered cyclic amide) rings is 1. The lowest BCUT2D eigenvalue weighted by atomic mass is 9.86. The second-order valence-electron chi connectivity index (χ2n) is 7.45. The van der Waals surface area contributed by atoms with Crippen molar-refractivity contribution in [1.82, 2.24) is 9.29 Å². The number of oxime groups is 1. The lowest BCUT2D eigenvalue weighted by Gasteiger charge is -2.41. The summed E-state index contributed by atoms with van der Waals surface area (Å²) in [7, 11) is -4.70. The summed E-state index contributed by atoms with van der Waals surface area (Å²) in [5.41, 5.74) is 17.6. The molecule has 1 amide bonds. The molecule has 16 heteroatoms. The minimum Gasteiger partial charge on any atom is -0.488 e. The lowest BCUT2D eigenvalue weighted by molar-refractivity contribution is -0.147. The number of Topliss-reactive ketones (excluding diaryl/α,β-unsaturated/α-hetero) is 1. The third-order valence-corrected chi connectivity index (χ3v) is 6.76. The van der Waals surface area contributed by atoms with Crippen molar-refractivity contribution in [3.63, 3.8) is 0 Å². The van der Waals surface area contributed by atoms with E-state index in [1.54, 1.807) is 12.1 Å². The highest BCUT2D eigenvalue weighted by molar-refractivity contribution is 7.84. The smallest absolute Gasteiger partial charge is 0.362 e. The Morgan fingerprint density at radius 2 is 2.06 bits per heavy atom. The summed E-state index contributed by atoms with van der Waals surface area (Å²) in [5, 5.41) is 12.9. The van der Waals surface area contributed by atoms with Crippen LogP contribution in [0, 0.1) is 11.3 Å². The molecule has 35 heavy (non-hydrogen) atoms. The molecule has 0 aliphatic carbocycles. The normalized spacial score (nSPS) is 18.2. The number of ketones is 1. The molecule has 1 saturated heterocycles. The molecule has 0 unspecified atom stereocenters. The molecule has 1 aliphatic rings. The van der Waals surface area contributed by atoms with Crippen molar-refractivity contribution in [2.75, 3.05) is 24.7 Å². The highest BCUT2D eigenvalue weighted by Gasteiger charge is 2.51. The van der Waals surface area contributed by atoms with Gasteiger partial charge >= 0.3 is 10.3 Å². The zero-order chi connectivity index (χ0) is 25.9. The Morgan fingerprint density at radius 3 is 2.60 bits per heavy atom. The van der Waals surface area contributed by atoms with Crippen molar-refractivity contribution < 1.29 is 32.1 Å². The van der Waals surface area contributed by atoms with Crippen LogP contribution in [-0.2, 0) is 24.7 Å². The van der Waals surface area contributed by atoms with Gasteiger partial charge in [0.2, 0.25) is 5.91 Å². The van der Waals surface area contributed by atoms with Gasteiger partial charge in [-0.2, -0.15) is 8.42 Å². The van der Waals surface area contributed by atoms with Crippen molar-refractivity contribution in [3.8, 4) is 5.75 Å². The Hall–Kier alpha value is -3.76. The van der Waals surface area contributed by atoms with E-state index in [-0.39, 0.29) is 47.7 Å². The molecule has 188 valence electrons. The van der Waals surface area contributed by atoms with E-state index in [9.17, 15) is 18.0 Å². The van der Waals surface area contributed by atoms with Gasteiger partial charge in [0.1, 0.15) is 23.9 Å². The molecule has 3 rings (SSSR count). The van der Waals surface area contributed by atoms with Crippen LogP contribution < -0.4 is 21.9 Å². The Kier molecular flexibility index (Phi) is 7.57. The zero-order valence-electron chi connectivity index (χ0n) is 18.4. The highest BCUT2D eigenvalue weighted by atomic mass is 32.2. The van der Waals surface area contributed by atoms with E-state index in [0.717, 1.165) is 11.3 Å². The number of thiazole rings is 1. The van der Waals surface area contributed by atoms with Crippen LogP contribution in [0.15, 0.2) is 28.7 Å². The van der Waals surface area contributed by atoms with Crippen molar-refractivity contribution in [3.05, 3.63) is 34.8 Å². The molecular weight excluding hydrogens is 502 g/mol. The summed E-state index contributed by atoms with van der Waals surface area (Å²) in [6.45, 7) is 1.32. The summed E-state index contributed by atoms with van der Waals surface area (Å²) in [6, 6.07) is 3.71. The minimum atomic E-state index is -4.70. The van der Waals surface area contributed by atoms with Crippen LogP contribution in [0.2, 0.25) is 0 Å². The van der Waals surface area contributed by atoms with Crippen molar-refractivity contribution in [1.29, 1.82) is 5.41 Å². The maximum atomic E-state index is 12.9. The number of anilines is 2.